The molecule has 5 heteroatoms. The summed E-state index contributed by atoms with van der Waals surface area (Å²) in [5.74, 6) is -0.150. The van der Waals surface area contributed by atoms with Gasteiger partial charge in [0.15, 0.2) is 5.78 Å². The second-order valence-electron chi connectivity index (χ2n) is 7.50. The Balaban J connectivity index is 1.90. The SMILES string of the molecule is CC(C)(C)c1ccc(C(=O)/C=c2\[nH]c(=O)/c(=C\c3ccc(C#N)cc3)s2)cc1. The molecule has 0 aliphatic rings. The summed E-state index contributed by atoms with van der Waals surface area (Å²) in [5.41, 5.74) is 2.92. The van der Waals surface area contributed by atoms with Crippen molar-refractivity contribution in [3.05, 3.63) is 90.3 Å². The Morgan fingerprint density at radius 2 is 1.71 bits per heavy atom. The van der Waals surface area contributed by atoms with E-state index in [9.17, 15) is 9.59 Å². The van der Waals surface area contributed by atoms with Gasteiger partial charge in [-0.3, -0.25) is 9.59 Å². The molecule has 3 rings (SSSR count). The summed E-state index contributed by atoms with van der Waals surface area (Å²) in [7, 11) is 0. The fourth-order valence-electron chi connectivity index (χ4n) is 2.67. The van der Waals surface area contributed by atoms with Crippen molar-refractivity contribution in [3.8, 4) is 6.07 Å². The Morgan fingerprint density at radius 3 is 2.29 bits per heavy atom. The van der Waals surface area contributed by atoms with Crippen LogP contribution in [0.15, 0.2) is 53.3 Å². The maximum absolute atomic E-state index is 12.5. The van der Waals surface area contributed by atoms with Gasteiger partial charge >= 0.3 is 0 Å². The van der Waals surface area contributed by atoms with E-state index in [4.69, 9.17) is 5.26 Å². The highest BCUT2D eigenvalue weighted by Crippen LogP contribution is 2.22. The highest BCUT2D eigenvalue weighted by atomic mass is 32.1. The Bertz CT molecular complexity index is 1220. The number of hydrogen-bond acceptors (Lipinski definition) is 4. The number of hydrogen-bond donors (Lipinski definition) is 1. The van der Waals surface area contributed by atoms with Gasteiger partial charge in [0.2, 0.25) is 0 Å². The Morgan fingerprint density at radius 1 is 1.07 bits per heavy atom. The van der Waals surface area contributed by atoms with Crippen molar-refractivity contribution < 1.29 is 4.79 Å². The smallest absolute Gasteiger partial charge is 0.266 e. The Hall–Kier alpha value is -3.23. The summed E-state index contributed by atoms with van der Waals surface area (Å²) in [6.07, 6.45) is 3.19. The molecule has 0 bridgehead atoms. The topological polar surface area (TPSA) is 73.7 Å². The van der Waals surface area contributed by atoms with Crippen LogP contribution in [0.4, 0.5) is 0 Å². The standard InChI is InChI=1S/C23H20N2O2S/c1-23(2,3)18-10-8-17(9-11-18)19(26)13-21-25-22(27)20(28-21)12-15-4-6-16(14-24)7-5-15/h4-13H,1-3H3,(H,25,27)/b20-12+,21-13+. The number of aromatic nitrogens is 1. The minimum Gasteiger partial charge on any atom is -0.313 e. The number of rotatable bonds is 3. The Kier molecular flexibility index (Phi) is 5.43. The summed E-state index contributed by atoms with van der Waals surface area (Å²) in [4.78, 5) is 27.4. The number of Topliss-reactive ketones (excluding diaryl/α,β-unsaturated/α-hetero) is 1. The van der Waals surface area contributed by atoms with Crippen molar-refractivity contribution in [2.75, 3.05) is 0 Å². The molecule has 0 amide bonds. The molecule has 1 aromatic heterocycles. The molecule has 0 unspecified atom stereocenters. The highest BCUT2D eigenvalue weighted by Gasteiger charge is 2.13. The van der Waals surface area contributed by atoms with E-state index in [1.54, 1.807) is 30.3 Å². The van der Waals surface area contributed by atoms with Gasteiger partial charge in [-0.15, -0.1) is 11.3 Å². The molecule has 0 saturated carbocycles. The predicted molar refractivity (Wildman–Crippen MR) is 113 cm³/mol. The summed E-state index contributed by atoms with van der Waals surface area (Å²) in [6.45, 7) is 6.37. The van der Waals surface area contributed by atoms with Crippen LogP contribution < -0.4 is 14.8 Å². The van der Waals surface area contributed by atoms with Crippen molar-refractivity contribution in [3.63, 3.8) is 0 Å². The van der Waals surface area contributed by atoms with Gasteiger partial charge in [-0.1, -0.05) is 57.2 Å². The number of nitrogens with zero attached hydrogens (tertiary/aromatic N) is 1. The first-order valence-electron chi connectivity index (χ1n) is 8.84. The van der Waals surface area contributed by atoms with E-state index in [-0.39, 0.29) is 16.8 Å². The van der Waals surface area contributed by atoms with Gasteiger partial charge in [0, 0.05) is 11.6 Å². The second kappa shape index (κ2) is 7.79. The van der Waals surface area contributed by atoms with E-state index >= 15 is 0 Å². The lowest BCUT2D eigenvalue weighted by Crippen LogP contribution is -2.20. The predicted octanol–water partition coefficient (Wildman–Crippen LogP) is 3.10. The number of thiazole rings is 1. The van der Waals surface area contributed by atoms with E-state index in [0.717, 1.165) is 11.1 Å². The number of nitriles is 1. The fraction of sp³-hybridized carbons (Fsp3) is 0.174. The minimum absolute atomic E-state index is 0.0282. The highest BCUT2D eigenvalue weighted by molar-refractivity contribution is 7.07. The quantitative estimate of drug-likeness (QED) is 0.701. The molecular formula is C23H20N2O2S. The van der Waals surface area contributed by atoms with Gasteiger partial charge in [0.1, 0.15) is 0 Å². The molecular weight excluding hydrogens is 368 g/mol. The van der Waals surface area contributed by atoms with Crippen LogP contribution in [-0.4, -0.2) is 10.8 Å². The third-order valence-electron chi connectivity index (χ3n) is 4.32. The monoisotopic (exact) mass is 388 g/mol. The average Bonchev–Trinajstić information content (AvgIpc) is 3.00. The molecule has 28 heavy (non-hydrogen) atoms. The third kappa shape index (κ3) is 4.54. The van der Waals surface area contributed by atoms with Crippen molar-refractivity contribution in [2.24, 2.45) is 0 Å². The summed E-state index contributed by atoms with van der Waals surface area (Å²) >= 11 is 1.23. The van der Waals surface area contributed by atoms with Crippen LogP contribution in [0.1, 0.15) is 47.8 Å². The van der Waals surface area contributed by atoms with Crippen molar-refractivity contribution in [2.45, 2.75) is 26.2 Å². The molecule has 0 aliphatic heterocycles. The zero-order valence-electron chi connectivity index (χ0n) is 15.9. The summed E-state index contributed by atoms with van der Waals surface area (Å²) in [6, 6.07) is 16.6. The molecule has 1 N–H and O–H groups in total. The zero-order chi connectivity index (χ0) is 20.3. The Labute approximate surface area is 167 Å². The van der Waals surface area contributed by atoms with Crippen LogP contribution in [0, 0.1) is 11.3 Å². The van der Waals surface area contributed by atoms with E-state index < -0.39 is 0 Å². The summed E-state index contributed by atoms with van der Waals surface area (Å²) in [5, 5.41) is 8.85. The van der Waals surface area contributed by atoms with Crippen LogP contribution in [0.25, 0.3) is 12.2 Å². The summed E-state index contributed by atoms with van der Waals surface area (Å²) < 4.78 is 1.02. The van der Waals surface area contributed by atoms with E-state index in [0.29, 0.717) is 20.3 Å². The molecule has 140 valence electrons. The minimum atomic E-state index is -0.239. The maximum atomic E-state index is 12.5. The number of benzene rings is 2. The van der Waals surface area contributed by atoms with Crippen LogP contribution in [0.3, 0.4) is 0 Å². The number of carbonyl (C=O) groups excluding carboxylic acids is 1. The number of ketones is 1. The van der Waals surface area contributed by atoms with Gasteiger partial charge in [-0.05, 0) is 34.8 Å². The van der Waals surface area contributed by atoms with Crippen LogP contribution in [-0.2, 0) is 5.41 Å². The van der Waals surface area contributed by atoms with Gasteiger partial charge < -0.3 is 4.98 Å². The molecule has 0 aliphatic carbocycles. The first kappa shape index (κ1) is 19.5. The van der Waals surface area contributed by atoms with Crippen LogP contribution in [0.5, 0.6) is 0 Å². The first-order valence-corrected chi connectivity index (χ1v) is 9.65. The molecule has 0 saturated heterocycles. The normalized spacial score (nSPS) is 12.8. The first-order chi connectivity index (χ1) is 13.3. The van der Waals surface area contributed by atoms with Crippen LogP contribution >= 0.6 is 11.3 Å². The van der Waals surface area contributed by atoms with Gasteiger partial charge in [-0.2, -0.15) is 5.26 Å². The molecule has 0 atom stereocenters. The molecule has 3 aromatic rings. The number of carbonyl (C=O) groups is 1. The van der Waals surface area contributed by atoms with Gasteiger partial charge in [-0.25, -0.2) is 0 Å². The van der Waals surface area contributed by atoms with Crippen molar-refractivity contribution in [1.29, 1.82) is 5.26 Å². The number of aromatic amines is 1. The number of nitrogens with one attached hydrogen (secondary N) is 1. The van der Waals surface area contributed by atoms with Crippen LogP contribution in [0.2, 0.25) is 0 Å². The largest absolute Gasteiger partial charge is 0.313 e. The zero-order valence-corrected chi connectivity index (χ0v) is 16.8. The van der Waals surface area contributed by atoms with Crippen molar-refractivity contribution in [1.82, 2.24) is 4.98 Å². The average molecular weight is 388 g/mol. The lowest BCUT2D eigenvalue weighted by molar-refractivity contribution is 0.106. The van der Waals surface area contributed by atoms with Gasteiger partial charge in [0.25, 0.3) is 5.56 Å². The van der Waals surface area contributed by atoms with E-state index in [1.807, 2.05) is 24.3 Å². The molecule has 0 radical (unpaired) electrons. The molecule has 0 fully saturated rings. The molecule has 1 heterocycles. The lowest BCUT2D eigenvalue weighted by Gasteiger charge is -2.18. The van der Waals surface area contributed by atoms with E-state index in [2.05, 4.69) is 31.8 Å². The molecule has 4 nitrogen and oxygen atoms in total. The van der Waals surface area contributed by atoms with Crippen molar-refractivity contribution >= 4 is 29.3 Å². The fourth-order valence-corrected chi connectivity index (χ4v) is 3.55. The lowest BCUT2D eigenvalue weighted by atomic mass is 9.86. The molecule has 0 spiro atoms. The van der Waals surface area contributed by atoms with Gasteiger partial charge in [0.05, 0.1) is 20.8 Å². The third-order valence-corrected chi connectivity index (χ3v) is 5.28. The van der Waals surface area contributed by atoms with E-state index in [1.165, 1.54) is 17.4 Å². The molecule has 2 aromatic carbocycles. The maximum Gasteiger partial charge on any atom is 0.266 e. The number of H-pyrrole nitrogens is 1. The second-order valence-corrected chi connectivity index (χ2v) is 8.58.